The molecule has 1 saturated heterocycles. The summed E-state index contributed by atoms with van der Waals surface area (Å²) in [5.41, 5.74) is 0.944. The van der Waals surface area contributed by atoms with Gasteiger partial charge in [0.2, 0.25) is 0 Å². The molecular formula is C23H16N2O5S. The number of amides is 1. The molecule has 1 aliphatic rings. The number of aliphatic hydroxyl groups excluding tert-OH is 1. The van der Waals surface area contributed by atoms with Crippen molar-refractivity contribution in [2.75, 3.05) is 12.0 Å². The van der Waals surface area contributed by atoms with Crippen LogP contribution in [-0.2, 0) is 9.59 Å². The van der Waals surface area contributed by atoms with Gasteiger partial charge in [-0.05, 0) is 36.4 Å². The predicted molar refractivity (Wildman–Crippen MR) is 116 cm³/mol. The molecule has 154 valence electrons. The number of furan rings is 1. The van der Waals surface area contributed by atoms with Gasteiger partial charge in [-0.3, -0.25) is 14.5 Å². The number of hydrogen-bond acceptors (Lipinski definition) is 7. The van der Waals surface area contributed by atoms with Gasteiger partial charge in [-0.15, -0.1) is 0 Å². The molecule has 1 aliphatic heterocycles. The van der Waals surface area contributed by atoms with Crippen molar-refractivity contribution in [3.63, 3.8) is 0 Å². The first-order chi connectivity index (χ1) is 15.1. The standard InChI is InChI=1S/C23H16N2O5S/c1-29-15-9-4-2-7-13(15)20(26)18-19(16-10-6-12-30-16)25(22(28)21(18)27)23-24-14-8-3-5-11-17(14)31-23/h2-12,19,26H,1H3/b20-18+. The lowest BCUT2D eigenvalue weighted by atomic mass is 9.99. The molecule has 5 rings (SSSR count). The van der Waals surface area contributed by atoms with Gasteiger partial charge in [0.05, 0.1) is 34.7 Å². The SMILES string of the molecule is COc1ccccc1/C(O)=C1\C(=O)C(=O)N(c2nc3ccccc3s2)C1c1ccco1. The first-order valence-electron chi connectivity index (χ1n) is 9.43. The summed E-state index contributed by atoms with van der Waals surface area (Å²) < 4.78 is 11.8. The zero-order valence-electron chi connectivity index (χ0n) is 16.3. The second kappa shape index (κ2) is 7.41. The van der Waals surface area contributed by atoms with Crippen LogP contribution in [0.2, 0.25) is 0 Å². The Morgan fingerprint density at radius 3 is 2.61 bits per heavy atom. The van der Waals surface area contributed by atoms with Crippen LogP contribution in [0.25, 0.3) is 16.0 Å². The molecule has 1 amide bonds. The fourth-order valence-corrected chi connectivity index (χ4v) is 4.69. The van der Waals surface area contributed by atoms with Crippen molar-refractivity contribution in [1.82, 2.24) is 4.98 Å². The molecule has 0 spiro atoms. The Morgan fingerprint density at radius 2 is 1.87 bits per heavy atom. The number of thiazole rings is 1. The number of anilines is 1. The van der Waals surface area contributed by atoms with Crippen LogP contribution >= 0.6 is 11.3 Å². The number of fused-ring (bicyclic) bond motifs is 1. The van der Waals surface area contributed by atoms with Crippen molar-refractivity contribution in [3.05, 3.63) is 83.8 Å². The van der Waals surface area contributed by atoms with Crippen molar-refractivity contribution in [2.24, 2.45) is 0 Å². The van der Waals surface area contributed by atoms with Crippen LogP contribution in [0.1, 0.15) is 17.4 Å². The Hall–Kier alpha value is -3.91. The molecule has 1 atom stereocenters. The van der Waals surface area contributed by atoms with Crippen LogP contribution < -0.4 is 9.64 Å². The lowest BCUT2D eigenvalue weighted by molar-refractivity contribution is -0.132. The van der Waals surface area contributed by atoms with E-state index >= 15 is 0 Å². The summed E-state index contributed by atoms with van der Waals surface area (Å²) in [6.07, 6.45) is 1.46. The Balaban J connectivity index is 1.73. The number of rotatable bonds is 4. The highest BCUT2D eigenvalue weighted by atomic mass is 32.1. The number of carbonyl (C=O) groups excluding carboxylic acids is 2. The molecular weight excluding hydrogens is 416 g/mol. The highest BCUT2D eigenvalue weighted by Crippen LogP contribution is 2.45. The maximum absolute atomic E-state index is 13.1. The molecule has 1 N–H and O–H groups in total. The molecule has 0 saturated carbocycles. The molecule has 2 aromatic heterocycles. The average Bonchev–Trinajstić information content (AvgIpc) is 3.52. The van der Waals surface area contributed by atoms with Gasteiger partial charge in [-0.1, -0.05) is 35.6 Å². The average molecular weight is 432 g/mol. The number of para-hydroxylation sites is 2. The predicted octanol–water partition coefficient (Wildman–Crippen LogP) is 4.52. The van der Waals surface area contributed by atoms with E-state index in [9.17, 15) is 14.7 Å². The summed E-state index contributed by atoms with van der Waals surface area (Å²) in [6, 6.07) is 16.6. The summed E-state index contributed by atoms with van der Waals surface area (Å²) >= 11 is 1.29. The van der Waals surface area contributed by atoms with Crippen LogP contribution in [0, 0.1) is 0 Å². The van der Waals surface area contributed by atoms with Crippen LogP contribution in [0.15, 0.2) is 76.9 Å². The lowest BCUT2D eigenvalue weighted by Gasteiger charge is -2.20. The molecule has 1 unspecified atom stereocenters. The number of aromatic nitrogens is 1. The molecule has 7 nitrogen and oxygen atoms in total. The lowest BCUT2D eigenvalue weighted by Crippen LogP contribution is -2.29. The first-order valence-corrected chi connectivity index (χ1v) is 10.2. The van der Waals surface area contributed by atoms with E-state index in [0.717, 1.165) is 4.70 Å². The molecule has 4 aromatic rings. The van der Waals surface area contributed by atoms with Gasteiger partial charge in [-0.25, -0.2) is 4.98 Å². The number of hydrogen-bond donors (Lipinski definition) is 1. The van der Waals surface area contributed by atoms with E-state index in [1.54, 1.807) is 36.4 Å². The molecule has 1 fully saturated rings. The van der Waals surface area contributed by atoms with E-state index in [4.69, 9.17) is 9.15 Å². The van der Waals surface area contributed by atoms with Crippen molar-refractivity contribution in [2.45, 2.75) is 6.04 Å². The molecule has 0 aliphatic carbocycles. The van der Waals surface area contributed by atoms with Crippen molar-refractivity contribution < 1.29 is 23.8 Å². The van der Waals surface area contributed by atoms with Crippen LogP contribution in [0.4, 0.5) is 5.13 Å². The third-order valence-electron chi connectivity index (χ3n) is 5.11. The monoisotopic (exact) mass is 432 g/mol. The first kappa shape index (κ1) is 19.1. The van der Waals surface area contributed by atoms with Gasteiger partial charge in [0.1, 0.15) is 23.3 Å². The minimum absolute atomic E-state index is 0.0799. The Kier molecular flexibility index (Phi) is 4.56. The highest BCUT2D eigenvalue weighted by molar-refractivity contribution is 7.22. The minimum atomic E-state index is -0.958. The number of methoxy groups -OCH3 is 1. The number of ketones is 1. The molecule has 0 bridgehead atoms. The minimum Gasteiger partial charge on any atom is -0.507 e. The number of aliphatic hydroxyl groups is 1. The van der Waals surface area contributed by atoms with Gasteiger partial charge in [0.15, 0.2) is 5.13 Å². The van der Waals surface area contributed by atoms with Gasteiger partial charge < -0.3 is 14.3 Å². The maximum Gasteiger partial charge on any atom is 0.302 e. The number of Topliss-reactive ketones (excluding diaryl/α,β-unsaturated/α-hetero) is 1. The maximum atomic E-state index is 13.1. The van der Waals surface area contributed by atoms with E-state index in [2.05, 4.69) is 4.98 Å². The second-order valence-electron chi connectivity index (χ2n) is 6.85. The highest BCUT2D eigenvalue weighted by Gasteiger charge is 2.49. The Bertz CT molecular complexity index is 1310. The zero-order valence-corrected chi connectivity index (χ0v) is 17.1. The third kappa shape index (κ3) is 3.00. The van der Waals surface area contributed by atoms with E-state index in [1.807, 2.05) is 24.3 Å². The quantitative estimate of drug-likeness (QED) is 0.289. The van der Waals surface area contributed by atoms with E-state index < -0.39 is 17.7 Å². The third-order valence-corrected chi connectivity index (χ3v) is 6.14. The number of ether oxygens (including phenoxy) is 1. The van der Waals surface area contributed by atoms with E-state index in [-0.39, 0.29) is 11.3 Å². The van der Waals surface area contributed by atoms with Crippen molar-refractivity contribution in [1.29, 1.82) is 0 Å². The van der Waals surface area contributed by atoms with Gasteiger partial charge in [0.25, 0.3) is 5.78 Å². The van der Waals surface area contributed by atoms with Gasteiger partial charge in [0, 0.05) is 0 Å². The van der Waals surface area contributed by atoms with Gasteiger partial charge >= 0.3 is 5.91 Å². The Labute approximate surface area is 180 Å². The van der Waals surface area contributed by atoms with Crippen LogP contribution in [-0.4, -0.2) is 28.9 Å². The summed E-state index contributed by atoms with van der Waals surface area (Å²) in [5, 5.41) is 11.5. The molecule has 2 aromatic carbocycles. The van der Waals surface area contributed by atoms with Crippen molar-refractivity contribution in [3.8, 4) is 5.75 Å². The van der Waals surface area contributed by atoms with E-state index in [1.165, 1.54) is 29.6 Å². The summed E-state index contributed by atoms with van der Waals surface area (Å²) in [4.78, 5) is 32.0. The normalized spacial score (nSPS) is 18.1. The van der Waals surface area contributed by atoms with E-state index in [0.29, 0.717) is 27.7 Å². The molecule has 31 heavy (non-hydrogen) atoms. The van der Waals surface area contributed by atoms with Gasteiger partial charge in [-0.2, -0.15) is 0 Å². The summed E-state index contributed by atoms with van der Waals surface area (Å²) in [7, 11) is 1.47. The second-order valence-corrected chi connectivity index (χ2v) is 7.86. The fraction of sp³-hybridized carbons (Fsp3) is 0.0870. The Morgan fingerprint density at radius 1 is 1.10 bits per heavy atom. The zero-order chi connectivity index (χ0) is 21.5. The summed E-state index contributed by atoms with van der Waals surface area (Å²) in [6.45, 7) is 0. The largest absolute Gasteiger partial charge is 0.507 e. The topological polar surface area (TPSA) is 92.9 Å². The number of benzene rings is 2. The van der Waals surface area contributed by atoms with Crippen molar-refractivity contribution >= 4 is 44.1 Å². The molecule has 3 heterocycles. The molecule has 0 radical (unpaired) electrons. The fourth-order valence-electron chi connectivity index (χ4n) is 3.69. The van der Waals surface area contributed by atoms with Crippen LogP contribution in [0.3, 0.4) is 0 Å². The number of nitrogens with zero attached hydrogens (tertiary/aromatic N) is 2. The smallest absolute Gasteiger partial charge is 0.302 e. The van der Waals surface area contributed by atoms with Crippen LogP contribution in [0.5, 0.6) is 5.75 Å². The number of carbonyl (C=O) groups is 2. The molecule has 8 heteroatoms. The summed E-state index contributed by atoms with van der Waals surface area (Å²) in [5.74, 6) is -1.21.